The zero-order chi connectivity index (χ0) is 10.0. The molecular formula is C9H9FO3. The van der Waals surface area contributed by atoms with Crippen LogP contribution >= 0.6 is 0 Å². The van der Waals surface area contributed by atoms with Crippen molar-refractivity contribution in [1.82, 2.24) is 0 Å². The predicted octanol–water partition coefficient (Wildman–Crippen LogP) is 1.79. The Labute approximate surface area is 74.4 Å². The molecule has 0 aliphatic rings. The van der Waals surface area contributed by atoms with Crippen LogP contribution in [0.15, 0.2) is 12.1 Å². The minimum atomic E-state index is -1.26. The summed E-state index contributed by atoms with van der Waals surface area (Å²) in [5, 5.41) is 17.9. The Bertz CT molecular complexity index is 347. The first-order valence-corrected chi connectivity index (χ1v) is 3.81. The Morgan fingerprint density at radius 2 is 2.15 bits per heavy atom. The van der Waals surface area contributed by atoms with Crippen LogP contribution in [0.1, 0.15) is 22.8 Å². The molecule has 0 unspecified atom stereocenters. The van der Waals surface area contributed by atoms with Gasteiger partial charge in [0.25, 0.3) is 0 Å². The fraction of sp³-hybridized carbons (Fsp3) is 0.222. The minimum absolute atomic E-state index is 0.0416. The summed E-state index contributed by atoms with van der Waals surface area (Å²) in [6.07, 6.45) is 0.263. The van der Waals surface area contributed by atoms with Crippen molar-refractivity contribution in [3.63, 3.8) is 0 Å². The molecule has 0 spiro atoms. The highest BCUT2D eigenvalue weighted by Crippen LogP contribution is 2.25. The molecule has 70 valence electrons. The molecule has 1 aromatic rings. The van der Waals surface area contributed by atoms with E-state index in [4.69, 9.17) is 5.11 Å². The lowest BCUT2D eigenvalue weighted by Gasteiger charge is -2.05. The van der Waals surface area contributed by atoms with Crippen molar-refractivity contribution in [2.45, 2.75) is 13.3 Å². The molecule has 2 N–H and O–H groups in total. The van der Waals surface area contributed by atoms with E-state index in [-0.39, 0.29) is 17.5 Å². The van der Waals surface area contributed by atoms with E-state index < -0.39 is 17.5 Å². The molecule has 0 aromatic heterocycles. The van der Waals surface area contributed by atoms with Gasteiger partial charge in [-0.15, -0.1) is 0 Å². The first kappa shape index (κ1) is 9.51. The molecule has 0 heterocycles. The molecule has 4 heteroatoms. The molecule has 0 fully saturated rings. The third-order valence-electron chi connectivity index (χ3n) is 1.81. The third kappa shape index (κ3) is 1.61. The molecule has 1 rings (SSSR count). The van der Waals surface area contributed by atoms with Gasteiger partial charge in [-0.3, -0.25) is 0 Å². The lowest BCUT2D eigenvalue weighted by atomic mass is 10.1. The normalized spacial score (nSPS) is 10.0. The highest BCUT2D eigenvalue weighted by Gasteiger charge is 2.15. The molecule has 0 amide bonds. The monoisotopic (exact) mass is 184 g/mol. The summed E-state index contributed by atoms with van der Waals surface area (Å²) in [7, 11) is 0. The van der Waals surface area contributed by atoms with Crippen LogP contribution in [0.3, 0.4) is 0 Å². The van der Waals surface area contributed by atoms with Gasteiger partial charge in [0.2, 0.25) is 0 Å². The van der Waals surface area contributed by atoms with Crippen LogP contribution in [-0.2, 0) is 6.42 Å². The maximum absolute atomic E-state index is 12.9. The second kappa shape index (κ2) is 3.43. The number of hydrogen-bond donors (Lipinski definition) is 2. The number of halogens is 1. The maximum Gasteiger partial charge on any atom is 0.339 e. The highest BCUT2D eigenvalue weighted by atomic mass is 19.1. The molecule has 0 atom stereocenters. The van der Waals surface area contributed by atoms with Crippen molar-refractivity contribution in [3.05, 3.63) is 29.1 Å². The number of hydrogen-bond acceptors (Lipinski definition) is 2. The van der Waals surface area contributed by atoms with Gasteiger partial charge in [-0.05, 0) is 18.6 Å². The van der Waals surface area contributed by atoms with Crippen molar-refractivity contribution in [2.24, 2.45) is 0 Å². The average Bonchev–Trinajstić information content (AvgIpc) is 2.04. The van der Waals surface area contributed by atoms with Gasteiger partial charge >= 0.3 is 5.97 Å². The molecule has 3 nitrogen and oxygen atoms in total. The number of carboxylic acids is 1. The Balaban J connectivity index is 3.35. The van der Waals surface area contributed by atoms with E-state index in [0.29, 0.717) is 0 Å². The number of aromatic carboxylic acids is 1. The number of benzene rings is 1. The van der Waals surface area contributed by atoms with Crippen LogP contribution in [0.5, 0.6) is 5.75 Å². The fourth-order valence-corrected chi connectivity index (χ4v) is 1.12. The van der Waals surface area contributed by atoms with Gasteiger partial charge in [0.15, 0.2) is 0 Å². The summed E-state index contributed by atoms with van der Waals surface area (Å²) in [6, 6.07) is 2.09. The molecule has 0 radical (unpaired) electrons. The summed E-state index contributed by atoms with van der Waals surface area (Å²) in [4.78, 5) is 10.5. The maximum atomic E-state index is 12.9. The first-order valence-electron chi connectivity index (χ1n) is 3.81. The lowest BCUT2D eigenvalue weighted by Crippen LogP contribution is -2.00. The van der Waals surface area contributed by atoms with Gasteiger partial charge in [0.1, 0.15) is 17.1 Å². The zero-order valence-electron chi connectivity index (χ0n) is 7.04. The first-order chi connectivity index (χ1) is 6.07. The third-order valence-corrected chi connectivity index (χ3v) is 1.81. The minimum Gasteiger partial charge on any atom is -0.507 e. The van der Waals surface area contributed by atoms with Gasteiger partial charge in [-0.25, -0.2) is 9.18 Å². The Kier molecular flexibility index (Phi) is 2.51. The fourth-order valence-electron chi connectivity index (χ4n) is 1.12. The van der Waals surface area contributed by atoms with Gasteiger partial charge < -0.3 is 10.2 Å². The number of carbonyl (C=O) groups is 1. The predicted molar refractivity (Wildman–Crippen MR) is 44.4 cm³/mol. The smallest absolute Gasteiger partial charge is 0.339 e. The zero-order valence-corrected chi connectivity index (χ0v) is 7.04. The molecule has 0 bridgehead atoms. The molecule has 1 aromatic carbocycles. The van der Waals surface area contributed by atoms with Crippen molar-refractivity contribution in [1.29, 1.82) is 0 Å². The van der Waals surface area contributed by atoms with E-state index >= 15 is 0 Å². The van der Waals surface area contributed by atoms with Crippen LogP contribution in [0.25, 0.3) is 0 Å². The molecule has 0 aliphatic heterocycles. The molecule has 0 saturated carbocycles. The number of carboxylic acid groups (broad SMARTS) is 1. The average molecular weight is 184 g/mol. The van der Waals surface area contributed by atoms with E-state index in [0.717, 1.165) is 12.1 Å². The van der Waals surface area contributed by atoms with Crippen LogP contribution < -0.4 is 0 Å². The summed E-state index contributed by atoms with van der Waals surface area (Å²) < 4.78 is 12.9. The second-order valence-corrected chi connectivity index (χ2v) is 2.58. The van der Waals surface area contributed by atoms with Crippen LogP contribution in [0.2, 0.25) is 0 Å². The Hall–Kier alpha value is -1.58. The quantitative estimate of drug-likeness (QED) is 0.736. The van der Waals surface area contributed by atoms with Gasteiger partial charge in [0.05, 0.1) is 0 Å². The largest absolute Gasteiger partial charge is 0.507 e. The standard InChI is InChI=1S/C9H9FO3/c1-2-5-7(10)4-3-6(8(5)11)9(12)13/h3-4,11H,2H2,1H3,(H,12,13). The highest BCUT2D eigenvalue weighted by molar-refractivity contribution is 5.91. The number of aromatic hydroxyl groups is 1. The van der Waals surface area contributed by atoms with E-state index in [1.807, 2.05) is 0 Å². The van der Waals surface area contributed by atoms with Crippen LogP contribution in [0.4, 0.5) is 4.39 Å². The molecule has 0 aliphatic carbocycles. The lowest BCUT2D eigenvalue weighted by molar-refractivity contribution is 0.0693. The van der Waals surface area contributed by atoms with Gasteiger partial charge in [-0.2, -0.15) is 0 Å². The number of phenols is 1. The van der Waals surface area contributed by atoms with E-state index in [9.17, 15) is 14.3 Å². The van der Waals surface area contributed by atoms with E-state index in [1.54, 1.807) is 6.92 Å². The van der Waals surface area contributed by atoms with Gasteiger partial charge in [-0.1, -0.05) is 6.92 Å². The Morgan fingerprint density at radius 1 is 1.54 bits per heavy atom. The Morgan fingerprint density at radius 3 is 2.62 bits per heavy atom. The summed E-state index contributed by atoms with van der Waals surface area (Å²) in [5.41, 5.74) is -0.224. The van der Waals surface area contributed by atoms with E-state index in [2.05, 4.69) is 0 Å². The van der Waals surface area contributed by atoms with E-state index in [1.165, 1.54) is 0 Å². The van der Waals surface area contributed by atoms with Crippen LogP contribution in [0, 0.1) is 5.82 Å². The van der Waals surface area contributed by atoms with Crippen LogP contribution in [-0.4, -0.2) is 16.2 Å². The molecular weight excluding hydrogens is 175 g/mol. The molecule has 13 heavy (non-hydrogen) atoms. The van der Waals surface area contributed by atoms with Crippen molar-refractivity contribution >= 4 is 5.97 Å². The molecule has 0 saturated heterocycles. The summed E-state index contributed by atoms with van der Waals surface area (Å²) >= 11 is 0. The summed E-state index contributed by atoms with van der Waals surface area (Å²) in [5.74, 6) is -2.31. The van der Waals surface area contributed by atoms with Gasteiger partial charge in [0, 0.05) is 5.56 Å². The topological polar surface area (TPSA) is 57.5 Å². The van der Waals surface area contributed by atoms with Crippen molar-refractivity contribution < 1.29 is 19.4 Å². The second-order valence-electron chi connectivity index (χ2n) is 2.58. The van der Waals surface area contributed by atoms with Crippen molar-refractivity contribution in [2.75, 3.05) is 0 Å². The SMILES string of the molecule is CCc1c(F)ccc(C(=O)O)c1O. The summed E-state index contributed by atoms with van der Waals surface area (Å²) in [6.45, 7) is 1.64. The van der Waals surface area contributed by atoms with Crippen molar-refractivity contribution in [3.8, 4) is 5.75 Å². The number of rotatable bonds is 2.